The van der Waals surface area contributed by atoms with Crippen LogP contribution in [0.4, 0.5) is 0 Å². The van der Waals surface area contributed by atoms with Gasteiger partial charge in [0.1, 0.15) is 13.2 Å². The number of unbranched alkanes of at least 4 members (excludes halogenated alkanes) is 37. The molecule has 7 heteroatoms. The third-order valence-electron chi connectivity index (χ3n) is 16.8. The van der Waals surface area contributed by atoms with Crippen LogP contribution in [0.2, 0.25) is 13.3 Å². The van der Waals surface area contributed by atoms with Crippen LogP contribution in [-0.4, -0.2) is 55.6 Å². The summed E-state index contributed by atoms with van der Waals surface area (Å²) < 4.78 is 23.4. The van der Waals surface area contributed by atoms with E-state index < -0.39 is 24.5 Å². The molecule has 0 spiro atoms. The minimum atomic E-state index is -2.35. The second-order valence-corrected chi connectivity index (χ2v) is 37.2. The first-order valence-corrected chi connectivity index (χ1v) is 41.3. The predicted octanol–water partition coefficient (Wildman–Crippen LogP) is 21.9. The Morgan fingerprint density at radius 2 is 0.632 bits per heavy atom. The zero-order valence-corrected chi connectivity index (χ0v) is 54.5. The van der Waals surface area contributed by atoms with Crippen molar-refractivity contribution in [2.24, 2.45) is 0 Å². The number of rotatable bonds is 58. The maximum Gasteiger partial charge on any atom is 0.306 e. The van der Waals surface area contributed by atoms with Crippen LogP contribution in [0.3, 0.4) is 0 Å². The van der Waals surface area contributed by atoms with Gasteiger partial charge in [-0.25, -0.2) is 0 Å². The molecule has 0 amide bonds. The van der Waals surface area contributed by atoms with E-state index in [0.29, 0.717) is 25.2 Å². The summed E-state index contributed by atoms with van der Waals surface area (Å²) in [6.45, 7) is 14.0. The Labute approximate surface area is 477 Å². The predicted molar refractivity (Wildman–Crippen MR) is 332 cm³/mol. The van der Waals surface area contributed by atoms with Gasteiger partial charge in [0.2, 0.25) is 0 Å². The Kier molecular flexibility index (Phi) is 51.5. The Morgan fingerprint density at radius 1 is 0.355 bits per heavy atom. The van der Waals surface area contributed by atoms with E-state index in [0.717, 1.165) is 57.8 Å². The Bertz CT molecular complexity index is 1410. The summed E-state index contributed by atoms with van der Waals surface area (Å²) in [6, 6.07) is 10.2. The van der Waals surface area contributed by atoms with Crippen molar-refractivity contribution in [3.05, 3.63) is 29.8 Å². The average Bonchev–Trinajstić information content (AvgIpc) is 3.43. The van der Waals surface area contributed by atoms with E-state index in [9.17, 15) is 14.4 Å². The summed E-state index contributed by atoms with van der Waals surface area (Å²) in [4.78, 5) is 38.4. The minimum Gasteiger partial charge on any atom is -0.455 e. The molecule has 0 heterocycles. The second kappa shape index (κ2) is 54.0. The minimum absolute atomic E-state index is 0.0665. The quantitative estimate of drug-likeness (QED) is 0.0280. The van der Waals surface area contributed by atoms with Crippen LogP contribution < -0.4 is 3.58 Å². The molecular weight excluding hydrogens is 1040 g/mol. The second-order valence-electron chi connectivity index (χ2n) is 24.0. The van der Waals surface area contributed by atoms with Gasteiger partial charge >= 0.3 is 200 Å². The maximum atomic E-state index is 12.9. The molecule has 1 aromatic carbocycles. The van der Waals surface area contributed by atoms with Gasteiger partial charge in [0.15, 0.2) is 6.10 Å². The number of hydrogen-bond donors (Lipinski definition) is 0. The molecule has 0 bridgehead atoms. The van der Waals surface area contributed by atoms with Crippen molar-refractivity contribution >= 4 is 39.9 Å². The summed E-state index contributed by atoms with van der Waals surface area (Å²) >= 11 is -2.35. The van der Waals surface area contributed by atoms with Gasteiger partial charge in [-0.1, -0.05) is 194 Å². The van der Waals surface area contributed by atoms with Crippen molar-refractivity contribution in [2.45, 2.75) is 369 Å². The normalized spacial score (nSPS) is 12.5. The zero-order chi connectivity index (χ0) is 55.3. The van der Waals surface area contributed by atoms with E-state index in [4.69, 9.17) is 14.2 Å². The third-order valence-corrected chi connectivity index (χ3v) is 32.4. The first-order valence-electron chi connectivity index (χ1n) is 33.9. The number of esters is 3. The van der Waals surface area contributed by atoms with Crippen molar-refractivity contribution < 1.29 is 28.6 Å². The first-order chi connectivity index (χ1) is 37.2. The van der Waals surface area contributed by atoms with Crippen LogP contribution in [0, 0.1) is 0 Å². The van der Waals surface area contributed by atoms with Crippen LogP contribution in [0.15, 0.2) is 24.3 Å². The fraction of sp³-hybridized carbons (Fsp3) is 0.870. The van der Waals surface area contributed by atoms with E-state index in [-0.39, 0.29) is 31.1 Å². The molecule has 1 rings (SSSR count). The Balaban J connectivity index is 2.33. The molecule has 0 saturated carbocycles. The number of benzene rings is 1. The molecule has 0 aliphatic carbocycles. The Hall–Kier alpha value is -1.57. The standard InChI is InChI=1S/C57H101O6.3C4H9.Sn/c1-4-6-8-10-12-14-16-18-22-26-30-34-41-47-55(58)61-50-54(63-57(60)49-43-36-32-28-23-19-17-15-13-11-9-7-5-2)51-62-56(59)48-42-35-31-27-24-20-21-25-29-33-38-44-52(3)53-45-39-37-40-46-53;3*1-3-4-2;/h39-40,45-46,52,54H,4-36,38,41-44,47-51H2,1-3H3;3*1,3-4H2,2H3;. The average molecular weight is 1170 g/mol. The van der Waals surface area contributed by atoms with E-state index in [1.807, 2.05) is 3.58 Å². The molecule has 444 valence electrons. The fourth-order valence-corrected chi connectivity index (χ4v) is 27.4. The Morgan fingerprint density at radius 3 is 0.947 bits per heavy atom. The van der Waals surface area contributed by atoms with Crippen molar-refractivity contribution in [3.63, 3.8) is 0 Å². The third kappa shape index (κ3) is 42.3. The van der Waals surface area contributed by atoms with Gasteiger partial charge in [-0.2, -0.15) is 0 Å². The smallest absolute Gasteiger partial charge is 0.306 e. The van der Waals surface area contributed by atoms with Crippen LogP contribution in [-0.2, 0) is 28.6 Å². The topological polar surface area (TPSA) is 78.9 Å². The van der Waals surface area contributed by atoms with Crippen LogP contribution in [0.5, 0.6) is 0 Å². The van der Waals surface area contributed by atoms with Gasteiger partial charge in [0.25, 0.3) is 0 Å². The molecular formula is C69H128O6Sn. The largest absolute Gasteiger partial charge is 0.455 e. The van der Waals surface area contributed by atoms with E-state index >= 15 is 0 Å². The van der Waals surface area contributed by atoms with Crippen LogP contribution in [0.25, 0.3) is 0 Å². The summed E-state index contributed by atoms with van der Waals surface area (Å²) in [5, 5.41) is 0. The molecule has 6 nitrogen and oxygen atoms in total. The van der Waals surface area contributed by atoms with Gasteiger partial charge < -0.3 is 14.2 Å². The number of hydrogen-bond acceptors (Lipinski definition) is 6. The van der Waals surface area contributed by atoms with Gasteiger partial charge in [-0.05, 0) is 19.3 Å². The molecule has 0 saturated heterocycles. The summed E-state index contributed by atoms with van der Waals surface area (Å²) in [7, 11) is 0. The van der Waals surface area contributed by atoms with Crippen molar-refractivity contribution in [3.8, 4) is 0 Å². The molecule has 2 atom stereocenters. The SMILES string of the molecule is CCCCCCCCCCCCCCCC(=O)OCC(COC(=O)CCCCCCCCCCCCCC(C)c1cc[c]([Sn]([CH2]CCC)([CH2]CCC)[CH2]CCC)cc1)OC(=O)CCCCCCCCCCCCCCC. The van der Waals surface area contributed by atoms with E-state index in [1.54, 1.807) is 18.9 Å². The van der Waals surface area contributed by atoms with Gasteiger partial charge in [-0.15, -0.1) is 0 Å². The summed E-state index contributed by atoms with van der Waals surface area (Å²) in [5.74, 6) is -0.194. The maximum absolute atomic E-state index is 12.9. The molecule has 76 heavy (non-hydrogen) atoms. The molecule has 0 radical (unpaired) electrons. The van der Waals surface area contributed by atoms with E-state index in [2.05, 4.69) is 65.8 Å². The number of ether oxygens (including phenoxy) is 3. The molecule has 0 aliphatic heterocycles. The van der Waals surface area contributed by atoms with E-state index in [1.165, 1.54) is 225 Å². The summed E-state index contributed by atoms with van der Waals surface area (Å²) in [5.41, 5.74) is 1.55. The molecule has 0 N–H and O–H groups in total. The first kappa shape index (κ1) is 72.4. The van der Waals surface area contributed by atoms with Crippen LogP contribution in [0.1, 0.15) is 355 Å². The molecule has 2 unspecified atom stereocenters. The van der Waals surface area contributed by atoms with Crippen molar-refractivity contribution in [2.75, 3.05) is 13.2 Å². The van der Waals surface area contributed by atoms with Crippen LogP contribution >= 0.6 is 0 Å². The number of carbonyl (C=O) groups is 3. The van der Waals surface area contributed by atoms with Crippen molar-refractivity contribution in [1.29, 1.82) is 0 Å². The van der Waals surface area contributed by atoms with Gasteiger partial charge in [0, 0.05) is 19.3 Å². The monoisotopic (exact) mass is 1170 g/mol. The van der Waals surface area contributed by atoms with Gasteiger partial charge in [0.05, 0.1) is 0 Å². The molecule has 0 aromatic heterocycles. The van der Waals surface area contributed by atoms with Gasteiger partial charge in [-0.3, -0.25) is 14.4 Å². The molecule has 1 aromatic rings. The summed E-state index contributed by atoms with van der Waals surface area (Å²) in [6.07, 6.45) is 55.9. The fourth-order valence-electron chi connectivity index (χ4n) is 11.4. The molecule has 0 aliphatic rings. The zero-order valence-electron chi connectivity index (χ0n) is 51.7. The number of carbonyl (C=O) groups excluding carboxylic acids is 3. The van der Waals surface area contributed by atoms with Crippen molar-refractivity contribution in [1.82, 2.24) is 0 Å². The molecule has 0 fully saturated rings.